The van der Waals surface area contributed by atoms with E-state index in [-0.39, 0.29) is 16.8 Å². The third-order valence-electron chi connectivity index (χ3n) is 2.98. The molecule has 0 saturated heterocycles. The smallest absolute Gasteiger partial charge is 0.227 e. The van der Waals surface area contributed by atoms with Gasteiger partial charge in [0, 0.05) is 16.5 Å². The van der Waals surface area contributed by atoms with Gasteiger partial charge in [-0.2, -0.15) is 0 Å². The van der Waals surface area contributed by atoms with Crippen LogP contribution in [0.15, 0.2) is 18.2 Å². The molecule has 0 aliphatic heterocycles. The van der Waals surface area contributed by atoms with Crippen molar-refractivity contribution < 1.29 is 4.79 Å². The first-order chi connectivity index (χ1) is 8.08. The molecule has 1 aliphatic rings. The zero-order valence-corrected chi connectivity index (χ0v) is 10.8. The Hall–Kier alpha value is -1.13. The summed E-state index contributed by atoms with van der Waals surface area (Å²) in [5.74, 6) is 0.143. The summed E-state index contributed by atoms with van der Waals surface area (Å²) >= 11 is 10.8. The van der Waals surface area contributed by atoms with Crippen molar-refractivity contribution >= 4 is 40.4 Å². The average molecular weight is 269 g/mol. The number of carbonyl (C=O) groups is 1. The molecule has 5 heteroatoms. The van der Waals surface area contributed by atoms with Gasteiger partial charge in [-0.15, -0.1) is 0 Å². The van der Waals surface area contributed by atoms with E-state index in [2.05, 4.69) is 5.32 Å². The number of halogens is 1. The number of thiocarbonyl (C=S) groups is 1. The van der Waals surface area contributed by atoms with E-state index in [1.807, 2.05) is 0 Å². The molecule has 3 N–H and O–H groups in total. The summed E-state index contributed by atoms with van der Waals surface area (Å²) in [6.45, 7) is 0. The van der Waals surface area contributed by atoms with Crippen LogP contribution >= 0.6 is 23.8 Å². The molecule has 0 atom stereocenters. The second kappa shape index (κ2) is 5.02. The van der Waals surface area contributed by atoms with E-state index >= 15 is 0 Å². The molecule has 1 aromatic rings. The number of hydrogen-bond acceptors (Lipinski definition) is 2. The number of nitrogens with one attached hydrogen (secondary N) is 1. The number of amides is 1. The second-order valence-electron chi connectivity index (χ2n) is 4.17. The van der Waals surface area contributed by atoms with E-state index in [1.54, 1.807) is 18.2 Å². The normalized spacial score (nSPS) is 15.1. The second-order valence-corrected chi connectivity index (χ2v) is 5.05. The molecule has 0 unspecified atom stereocenters. The molecule has 1 fully saturated rings. The summed E-state index contributed by atoms with van der Waals surface area (Å²) in [4.78, 5) is 12.1. The first kappa shape index (κ1) is 12.3. The lowest BCUT2D eigenvalue weighted by Gasteiger charge is -2.24. The van der Waals surface area contributed by atoms with Crippen LogP contribution in [0.25, 0.3) is 0 Å². The predicted octanol–water partition coefficient (Wildman–Crippen LogP) is 2.71. The number of benzene rings is 1. The van der Waals surface area contributed by atoms with Crippen molar-refractivity contribution in [3.8, 4) is 0 Å². The number of carbonyl (C=O) groups excluding carboxylic acids is 1. The summed E-state index contributed by atoms with van der Waals surface area (Å²) in [6, 6.07) is 5.10. The Morgan fingerprint density at radius 3 is 2.71 bits per heavy atom. The van der Waals surface area contributed by atoms with Gasteiger partial charge in [0.1, 0.15) is 4.99 Å². The van der Waals surface area contributed by atoms with Gasteiger partial charge in [0.05, 0.1) is 5.69 Å². The monoisotopic (exact) mass is 268 g/mol. The lowest BCUT2D eigenvalue weighted by atomic mass is 9.85. The van der Waals surface area contributed by atoms with Gasteiger partial charge in [-0.1, -0.05) is 30.2 Å². The minimum Gasteiger partial charge on any atom is -0.389 e. The zero-order chi connectivity index (χ0) is 12.4. The van der Waals surface area contributed by atoms with Crippen LogP contribution < -0.4 is 11.1 Å². The first-order valence-electron chi connectivity index (χ1n) is 5.48. The standard InChI is InChI=1S/C12H13ClN2OS/c13-8-4-5-9(11(14)17)10(6-8)15-12(16)7-2-1-3-7/h4-7H,1-3H2,(H2,14,17)(H,15,16). The minimum absolute atomic E-state index is 0.0241. The highest BCUT2D eigenvalue weighted by Gasteiger charge is 2.25. The number of nitrogens with two attached hydrogens (primary N) is 1. The van der Waals surface area contributed by atoms with Crippen LogP contribution in [0.5, 0.6) is 0 Å². The molecule has 17 heavy (non-hydrogen) atoms. The maximum atomic E-state index is 11.8. The third kappa shape index (κ3) is 2.76. The van der Waals surface area contributed by atoms with Crippen molar-refractivity contribution in [2.24, 2.45) is 11.7 Å². The summed E-state index contributed by atoms with van der Waals surface area (Å²) in [6.07, 6.45) is 3.03. The van der Waals surface area contributed by atoms with Crippen LogP contribution in [-0.2, 0) is 4.79 Å². The quantitative estimate of drug-likeness (QED) is 0.829. The zero-order valence-electron chi connectivity index (χ0n) is 9.20. The molecule has 0 radical (unpaired) electrons. The Morgan fingerprint density at radius 2 is 2.18 bits per heavy atom. The van der Waals surface area contributed by atoms with Crippen molar-refractivity contribution in [3.05, 3.63) is 28.8 Å². The fourth-order valence-electron chi connectivity index (χ4n) is 1.74. The average Bonchev–Trinajstić information content (AvgIpc) is 2.13. The molecule has 0 spiro atoms. The van der Waals surface area contributed by atoms with E-state index in [9.17, 15) is 4.79 Å². The molecule has 1 saturated carbocycles. The SMILES string of the molecule is NC(=S)c1ccc(Cl)cc1NC(=O)C1CCC1. The molecule has 2 rings (SSSR count). The van der Waals surface area contributed by atoms with Gasteiger partial charge < -0.3 is 11.1 Å². The molecule has 1 aromatic carbocycles. The van der Waals surface area contributed by atoms with Gasteiger partial charge >= 0.3 is 0 Å². The van der Waals surface area contributed by atoms with Gasteiger partial charge in [0.2, 0.25) is 5.91 Å². The van der Waals surface area contributed by atoms with Gasteiger partial charge in [0.25, 0.3) is 0 Å². The molecule has 0 bridgehead atoms. The molecule has 0 aromatic heterocycles. The Bertz CT molecular complexity index is 472. The molecule has 90 valence electrons. The summed E-state index contributed by atoms with van der Waals surface area (Å²) in [7, 11) is 0. The van der Waals surface area contributed by atoms with Crippen molar-refractivity contribution in [3.63, 3.8) is 0 Å². The van der Waals surface area contributed by atoms with Gasteiger partial charge in [-0.25, -0.2) is 0 Å². The summed E-state index contributed by atoms with van der Waals surface area (Å²) in [5.41, 5.74) is 6.85. The fraction of sp³-hybridized carbons (Fsp3) is 0.333. The van der Waals surface area contributed by atoms with Crippen LogP contribution in [-0.4, -0.2) is 10.9 Å². The molecule has 1 aliphatic carbocycles. The molecule has 1 amide bonds. The Morgan fingerprint density at radius 1 is 1.47 bits per heavy atom. The summed E-state index contributed by atoms with van der Waals surface area (Å²) in [5, 5.41) is 3.39. The van der Waals surface area contributed by atoms with Crippen LogP contribution in [0, 0.1) is 5.92 Å². The van der Waals surface area contributed by atoms with Gasteiger partial charge in [-0.05, 0) is 31.0 Å². The van der Waals surface area contributed by atoms with E-state index in [0.717, 1.165) is 19.3 Å². The van der Waals surface area contributed by atoms with Crippen molar-refractivity contribution in [1.82, 2.24) is 0 Å². The van der Waals surface area contributed by atoms with Gasteiger partial charge in [-0.3, -0.25) is 4.79 Å². The van der Waals surface area contributed by atoms with E-state index in [1.165, 1.54) is 0 Å². The van der Waals surface area contributed by atoms with E-state index in [0.29, 0.717) is 16.3 Å². The number of rotatable bonds is 3. The summed E-state index contributed by atoms with van der Waals surface area (Å²) < 4.78 is 0. The topological polar surface area (TPSA) is 55.1 Å². The minimum atomic E-state index is 0.0241. The highest BCUT2D eigenvalue weighted by atomic mass is 35.5. The van der Waals surface area contributed by atoms with E-state index < -0.39 is 0 Å². The highest BCUT2D eigenvalue weighted by molar-refractivity contribution is 7.80. The highest BCUT2D eigenvalue weighted by Crippen LogP contribution is 2.29. The Balaban J connectivity index is 2.20. The largest absolute Gasteiger partial charge is 0.389 e. The van der Waals surface area contributed by atoms with Crippen LogP contribution in [0.2, 0.25) is 5.02 Å². The maximum Gasteiger partial charge on any atom is 0.227 e. The number of anilines is 1. The lowest BCUT2D eigenvalue weighted by Crippen LogP contribution is -2.29. The van der Waals surface area contributed by atoms with Crippen molar-refractivity contribution in [1.29, 1.82) is 0 Å². The number of hydrogen-bond donors (Lipinski definition) is 2. The van der Waals surface area contributed by atoms with Crippen molar-refractivity contribution in [2.45, 2.75) is 19.3 Å². The fourth-order valence-corrected chi connectivity index (χ4v) is 2.09. The molecular formula is C12H13ClN2OS. The third-order valence-corrected chi connectivity index (χ3v) is 3.44. The van der Waals surface area contributed by atoms with Crippen LogP contribution in [0.3, 0.4) is 0 Å². The van der Waals surface area contributed by atoms with E-state index in [4.69, 9.17) is 29.6 Å². The van der Waals surface area contributed by atoms with Crippen LogP contribution in [0.4, 0.5) is 5.69 Å². The maximum absolute atomic E-state index is 11.8. The first-order valence-corrected chi connectivity index (χ1v) is 6.27. The Labute approximate surface area is 110 Å². The Kier molecular flexibility index (Phi) is 3.64. The predicted molar refractivity (Wildman–Crippen MR) is 73.3 cm³/mol. The molecular weight excluding hydrogens is 256 g/mol. The van der Waals surface area contributed by atoms with Gasteiger partial charge in [0.15, 0.2) is 0 Å². The molecule has 3 nitrogen and oxygen atoms in total. The van der Waals surface area contributed by atoms with Crippen molar-refractivity contribution in [2.75, 3.05) is 5.32 Å². The van der Waals surface area contributed by atoms with Crippen LogP contribution in [0.1, 0.15) is 24.8 Å². The molecule has 0 heterocycles. The lowest BCUT2D eigenvalue weighted by molar-refractivity contribution is -0.122.